The minimum absolute atomic E-state index is 0.141. The third kappa shape index (κ3) is 2.66. The van der Waals surface area contributed by atoms with Crippen LogP contribution in [-0.2, 0) is 0 Å². The van der Waals surface area contributed by atoms with Crippen molar-refractivity contribution in [2.24, 2.45) is 0 Å². The van der Waals surface area contributed by atoms with E-state index in [0.29, 0.717) is 0 Å². The smallest absolute Gasteiger partial charge is 0.131 e. The molecule has 2 aromatic rings. The van der Waals surface area contributed by atoms with Crippen molar-refractivity contribution in [3.63, 3.8) is 0 Å². The average molecular weight is 267 g/mol. The van der Waals surface area contributed by atoms with Gasteiger partial charge < -0.3 is 5.32 Å². The first-order valence-electron chi connectivity index (χ1n) is 7.09. The molecule has 0 atom stereocenters. The van der Waals surface area contributed by atoms with E-state index in [1.165, 1.54) is 5.57 Å². The second-order valence-corrected chi connectivity index (χ2v) is 5.07. The summed E-state index contributed by atoms with van der Waals surface area (Å²) in [5.74, 6) is -0.141. The molecule has 1 nitrogen and oxygen atoms in total. The molecule has 2 heteroatoms. The van der Waals surface area contributed by atoms with Gasteiger partial charge in [0.05, 0.1) is 0 Å². The van der Waals surface area contributed by atoms with Gasteiger partial charge in [0.15, 0.2) is 0 Å². The van der Waals surface area contributed by atoms with E-state index in [2.05, 4.69) is 17.4 Å². The summed E-state index contributed by atoms with van der Waals surface area (Å²) in [6.07, 6.45) is 1.97. The zero-order chi connectivity index (χ0) is 13.8. The fourth-order valence-corrected chi connectivity index (χ4v) is 2.80. The van der Waals surface area contributed by atoms with E-state index in [1.54, 1.807) is 12.1 Å². The minimum Gasteiger partial charge on any atom is -0.316 e. The summed E-state index contributed by atoms with van der Waals surface area (Å²) in [5, 5.41) is 3.36. The van der Waals surface area contributed by atoms with Crippen LogP contribution < -0.4 is 5.32 Å². The highest BCUT2D eigenvalue weighted by atomic mass is 19.1. The van der Waals surface area contributed by atoms with E-state index in [4.69, 9.17) is 0 Å². The van der Waals surface area contributed by atoms with Crippen molar-refractivity contribution in [2.75, 3.05) is 13.1 Å². The van der Waals surface area contributed by atoms with Crippen LogP contribution in [0.1, 0.15) is 24.0 Å². The Balaban J connectivity index is 2.16. The predicted octanol–water partition coefficient (Wildman–Crippen LogP) is 4.01. The van der Waals surface area contributed by atoms with Crippen molar-refractivity contribution < 1.29 is 4.39 Å². The predicted molar refractivity (Wildman–Crippen MR) is 81.0 cm³/mol. The number of hydrogen-bond acceptors (Lipinski definition) is 1. The van der Waals surface area contributed by atoms with Crippen LogP contribution in [0.25, 0.3) is 5.57 Å². The Morgan fingerprint density at radius 2 is 1.50 bits per heavy atom. The quantitative estimate of drug-likeness (QED) is 0.867. The van der Waals surface area contributed by atoms with Crippen molar-refractivity contribution in [3.05, 3.63) is 77.1 Å². The van der Waals surface area contributed by atoms with Crippen LogP contribution in [0, 0.1) is 5.82 Å². The fourth-order valence-electron chi connectivity index (χ4n) is 2.80. The van der Waals surface area contributed by atoms with Gasteiger partial charge in [0.2, 0.25) is 0 Å². The Morgan fingerprint density at radius 3 is 2.20 bits per heavy atom. The van der Waals surface area contributed by atoms with Crippen LogP contribution in [0.2, 0.25) is 0 Å². The van der Waals surface area contributed by atoms with Gasteiger partial charge in [0.1, 0.15) is 5.82 Å². The Hall–Kier alpha value is -1.93. The normalized spacial score (nSPS) is 15.2. The first-order chi connectivity index (χ1) is 9.86. The maximum absolute atomic E-state index is 14.2. The zero-order valence-electron chi connectivity index (χ0n) is 11.4. The summed E-state index contributed by atoms with van der Waals surface area (Å²) in [4.78, 5) is 0. The van der Waals surface area contributed by atoms with Crippen LogP contribution >= 0.6 is 0 Å². The lowest BCUT2D eigenvalue weighted by molar-refractivity contribution is 0.607. The molecule has 0 saturated carbocycles. The van der Waals surface area contributed by atoms with Crippen molar-refractivity contribution in [2.45, 2.75) is 12.8 Å². The molecule has 3 rings (SSSR count). The van der Waals surface area contributed by atoms with Crippen molar-refractivity contribution in [3.8, 4) is 0 Å². The Morgan fingerprint density at radius 1 is 0.850 bits per heavy atom. The van der Waals surface area contributed by atoms with Gasteiger partial charge in [-0.25, -0.2) is 4.39 Å². The first-order valence-corrected chi connectivity index (χ1v) is 7.09. The molecule has 2 aromatic carbocycles. The molecule has 0 aliphatic carbocycles. The lowest BCUT2D eigenvalue weighted by Crippen LogP contribution is -2.24. The molecule has 1 fully saturated rings. The highest BCUT2D eigenvalue weighted by Crippen LogP contribution is 2.32. The molecule has 0 unspecified atom stereocenters. The van der Waals surface area contributed by atoms with Gasteiger partial charge in [-0.3, -0.25) is 0 Å². The van der Waals surface area contributed by atoms with E-state index >= 15 is 0 Å². The van der Waals surface area contributed by atoms with Crippen LogP contribution in [0.4, 0.5) is 4.39 Å². The summed E-state index contributed by atoms with van der Waals surface area (Å²) in [5.41, 5.74) is 4.25. The van der Waals surface area contributed by atoms with E-state index < -0.39 is 0 Å². The van der Waals surface area contributed by atoms with Crippen LogP contribution in [0.3, 0.4) is 0 Å². The van der Waals surface area contributed by atoms with Crippen molar-refractivity contribution in [1.82, 2.24) is 5.32 Å². The number of hydrogen-bond donors (Lipinski definition) is 1. The van der Waals surface area contributed by atoms with Gasteiger partial charge in [0, 0.05) is 5.56 Å². The van der Waals surface area contributed by atoms with Gasteiger partial charge in [-0.15, -0.1) is 0 Å². The van der Waals surface area contributed by atoms with Crippen LogP contribution in [0.15, 0.2) is 60.2 Å². The molecular weight excluding hydrogens is 249 g/mol. The summed E-state index contributed by atoms with van der Waals surface area (Å²) in [6, 6.07) is 17.2. The van der Waals surface area contributed by atoms with E-state index in [0.717, 1.165) is 42.6 Å². The number of halogens is 1. The summed E-state index contributed by atoms with van der Waals surface area (Å²) in [6.45, 7) is 1.94. The molecule has 0 bridgehead atoms. The second kappa shape index (κ2) is 6.02. The maximum atomic E-state index is 14.2. The minimum atomic E-state index is -0.141. The first kappa shape index (κ1) is 13.1. The molecule has 0 amide bonds. The number of piperidine rings is 1. The molecule has 0 radical (unpaired) electrons. The largest absolute Gasteiger partial charge is 0.316 e. The monoisotopic (exact) mass is 267 g/mol. The molecule has 0 spiro atoms. The summed E-state index contributed by atoms with van der Waals surface area (Å²) >= 11 is 0. The van der Waals surface area contributed by atoms with Gasteiger partial charge in [-0.2, -0.15) is 0 Å². The topological polar surface area (TPSA) is 12.0 Å². The number of benzene rings is 2. The van der Waals surface area contributed by atoms with Crippen LogP contribution in [0.5, 0.6) is 0 Å². The van der Waals surface area contributed by atoms with Gasteiger partial charge >= 0.3 is 0 Å². The summed E-state index contributed by atoms with van der Waals surface area (Å²) in [7, 11) is 0. The molecule has 1 saturated heterocycles. The highest BCUT2D eigenvalue weighted by Gasteiger charge is 2.16. The fraction of sp³-hybridized carbons (Fsp3) is 0.222. The number of rotatable bonds is 2. The lowest BCUT2D eigenvalue weighted by atomic mass is 9.88. The molecule has 1 aliphatic rings. The van der Waals surface area contributed by atoms with Gasteiger partial charge in [0.25, 0.3) is 0 Å². The average Bonchev–Trinajstić information content (AvgIpc) is 2.52. The zero-order valence-corrected chi connectivity index (χ0v) is 11.4. The third-order valence-electron chi connectivity index (χ3n) is 3.77. The van der Waals surface area contributed by atoms with E-state index in [-0.39, 0.29) is 5.82 Å². The summed E-state index contributed by atoms with van der Waals surface area (Å²) < 4.78 is 14.2. The molecule has 20 heavy (non-hydrogen) atoms. The second-order valence-electron chi connectivity index (χ2n) is 5.07. The number of nitrogens with one attached hydrogen (secondary N) is 1. The van der Waals surface area contributed by atoms with Gasteiger partial charge in [-0.1, -0.05) is 54.1 Å². The van der Waals surface area contributed by atoms with Crippen LogP contribution in [-0.4, -0.2) is 13.1 Å². The standard InChI is InChI=1S/C18H18FN/c19-17-9-5-4-8-16(17)18(14-6-2-1-3-7-14)15-10-12-20-13-11-15/h1-9,20H,10-13H2. The molecule has 1 N–H and O–H groups in total. The molecule has 1 heterocycles. The molecule has 102 valence electrons. The highest BCUT2D eigenvalue weighted by molar-refractivity contribution is 5.82. The molecule has 1 aliphatic heterocycles. The lowest BCUT2D eigenvalue weighted by Gasteiger charge is -2.21. The molecule has 0 aromatic heterocycles. The molecular formula is C18H18FN. The SMILES string of the molecule is Fc1ccccc1C(=C1CCNCC1)c1ccccc1. The van der Waals surface area contributed by atoms with Gasteiger partial charge in [-0.05, 0) is 43.1 Å². The Labute approximate surface area is 119 Å². The van der Waals surface area contributed by atoms with Crippen molar-refractivity contribution in [1.29, 1.82) is 0 Å². The Bertz CT molecular complexity index is 608. The Kier molecular flexibility index (Phi) is 3.93. The van der Waals surface area contributed by atoms with E-state index in [9.17, 15) is 4.39 Å². The van der Waals surface area contributed by atoms with Crippen molar-refractivity contribution >= 4 is 5.57 Å². The third-order valence-corrected chi connectivity index (χ3v) is 3.77. The van der Waals surface area contributed by atoms with E-state index in [1.807, 2.05) is 30.3 Å². The maximum Gasteiger partial charge on any atom is 0.131 e.